The molecule has 3 rings (SSSR count). The van der Waals surface area contributed by atoms with E-state index in [-0.39, 0.29) is 17.2 Å². The van der Waals surface area contributed by atoms with Crippen LogP contribution < -0.4 is 9.94 Å². The monoisotopic (exact) mass is 447 g/mol. The van der Waals surface area contributed by atoms with E-state index in [0.717, 1.165) is 17.5 Å². The SMILES string of the molecule is CCOCCn1c(=NC(=O)Cc2ccc(CC)cc2)sc2cc(S(N)(=O)=O)ccc21. The number of carbonyl (C=O) groups excluding carboxylic acids is 1. The summed E-state index contributed by atoms with van der Waals surface area (Å²) < 4.78 is 31.4. The largest absolute Gasteiger partial charge is 0.380 e. The summed E-state index contributed by atoms with van der Waals surface area (Å²) in [6.45, 7) is 5.53. The summed E-state index contributed by atoms with van der Waals surface area (Å²) >= 11 is 1.26. The summed E-state index contributed by atoms with van der Waals surface area (Å²) in [7, 11) is -3.81. The Balaban J connectivity index is 1.98. The summed E-state index contributed by atoms with van der Waals surface area (Å²) in [6.07, 6.45) is 1.15. The summed E-state index contributed by atoms with van der Waals surface area (Å²) in [5, 5.41) is 5.25. The first-order valence-corrected chi connectivity index (χ1v) is 12.1. The van der Waals surface area contributed by atoms with Crippen LogP contribution in [-0.2, 0) is 38.9 Å². The molecule has 0 bridgehead atoms. The van der Waals surface area contributed by atoms with Crippen molar-refractivity contribution in [3.8, 4) is 0 Å². The number of benzene rings is 2. The first kappa shape index (κ1) is 22.4. The van der Waals surface area contributed by atoms with Crippen LogP contribution in [0.2, 0.25) is 0 Å². The highest BCUT2D eigenvalue weighted by molar-refractivity contribution is 7.89. The van der Waals surface area contributed by atoms with Crippen LogP contribution in [0, 0.1) is 0 Å². The van der Waals surface area contributed by atoms with Gasteiger partial charge in [0, 0.05) is 13.2 Å². The van der Waals surface area contributed by atoms with Crippen LogP contribution in [0.5, 0.6) is 0 Å². The van der Waals surface area contributed by atoms with Crippen LogP contribution in [-0.4, -0.2) is 32.1 Å². The Morgan fingerprint density at radius 1 is 1.13 bits per heavy atom. The second-order valence-corrected chi connectivity index (χ2v) is 9.33. The lowest BCUT2D eigenvalue weighted by Gasteiger charge is -2.06. The fraction of sp³-hybridized carbons (Fsp3) is 0.333. The van der Waals surface area contributed by atoms with Crippen LogP contribution in [0.4, 0.5) is 0 Å². The van der Waals surface area contributed by atoms with Gasteiger partial charge in [0.05, 0.1) is 28.1 Å². The molecule has 0 saturated heterocycles. The highest BCUT2D eigenvalue weighted by Crippen LogP contribution is 2.21. The van der Waals surface area contributed by atoms with E-state index >= 15 is 0 Å². The number of hydrogen-bond acceptors (Lipinski definition) is 5. The summed E-state index contributed by atoms with van der Waals surface area (Å²) in [5.41, 5.74) is 2.90. The number of nitrogens with two attached hydrogens (primary N) is 1. The molecular weight excluding hydrogens is 422 g/mol. The number of nitrogens with zero attached hydrogens (tertiary/aromatic N) is 2. The van der Waals surface area contributed by atoms with Crippen molar-refractivity contribution in [1.82, 2.24) is 4.57 Å². The molecule has 0 aliphatic heterocycles. The molecule has 0 saturated carbocycles. The predicted molar refractivity (Wildman–Crippen MR) is 118 cm³/mol. The minimum atomic E-state index is -3.81. The van der Waals surface area contributed by atoms with Crippen LogP contribution in [0.25, 0.3) is 10.2 Å². The average Bonchev–Trinajstić information content (AvgIpc) is 3.04. The maximum atomic E-state index is 12.6. The van der Waals surface area contributed by atoms with Gasteiger partial charge in [-0.15, -0.1) is 0 Å². The van der Waals surface area contributed by atoms with E-state index in [9.17, 15) is 13.2 Å². The van der Waals surface area contributed by atoms with Gasteiger partial charge in [-0.05, 0) is 42.7 Å². The smallest absolute Gasteiger partial charge is 0.252 e. The van der Waals surface area contributed by atoms with Crippen LogP contribution in [0.15, 0.2) is 52.4 Å². The lowest BCUT2D eigenvalue weighted by molar-refractivity contribution is -0.117. The van der Waals surface area contributed by atoms with E-state index in [1.165, 1.54) is 29.0 Å². The van der Waals surface area contributed by atoms with Crippen molar-refractivity contribution in [2.45, 2.75) is 38.1 Å². The van der Waals surface area contributed by atoms with Crippen molar-refractivity contribution in [3.05, 3.63) is 58.4 Å². The molecule has 1 amide bonds. The van der Waals surface area contributed by atoms with E-state index in [1.807, 2.05) is 35.8 Å². The highest BCUT2D eigenvalue weighted by atomic mass is 32.2. The van der Waals surface area contributed by atoms with Crippen LogP contribution in [0.1, 0.15) is 25.0 Å². The summed E-state index contributed by atoms with van der Waals surface area (Å²) in [5.74, 6) is -0.261. The number of hydrogen-bond donors (Lipinski definition) is 1. The quantitative estimate of drug-likeness (QED) is 0.536. The third kappa shape index (κ3) is 5.42. The molecule has 7 nitrogen and oxygen atoms in total. The molecule has 1 heterocycles. The molecule has 0 fully saturated rings. The molecule has 3 aromatic rings. The molecule has 0 spiro atoms. The first-order chi connectivity index (χ1) is 14.3. The Labute approximate surface area is 179 Å². The Hall–Kier alpha value is -2.33. The van der Waals surface area contributed by atoms with Crippen molar-refractivity contribution in [2.75, 3.05) is 13.2 Å². The van der Waals surface area contributed by atoms with E-state index in [2.05, 4.69) is 11.9 Å². The van der Waals surface area contributed by atoms with Gasteiger partial charge in [0.1, 0.15) is 0 Å². The van der Waals surface area contributed by atoms with Gasteiger partial charge >= 0.3 is 0 Å². The standard InChI is InChI=1S/C21H25N3O4S2/c1-3-15-5-7-16(8-6-15)13-20(25)23-21-24(11-12-28-4-2)18-10-9-17(30(22,26)27)14-19(18)29-21/h5-10,14H,3-4,11-13H2,1-2H3,(H2,22,26,27). The molecular formula is C21H25N3O4S2. The molecule has 2 N–H and O–H groups in total. The zero-order chi connectivity index (χ0) is 21.7. The molecule has 0 atom stereocenters. The molecule has 0 aliphatic rings. The normalized spacial score (nSPS) is 12.6. The lowest BCUT2D eigenvalue weighted by atomic mass is 10.1. The minimum Gasteiger partial charge on any atom is -0.380 e. The molecule has 9 heteroatoms. The van der Waals surface area contributed by atoms with Gasteiger partial charge in [-0.2, -0.15) is 4.99 Å². The molecule has 1 aromatic heterocycles. The number of amides is 1. The molecule has 160 valence electrons. The highest BCUT2D eigenvalue weighted by Gasteiger charge is 2.13. The Kier molecular flexibility index (Phi) is 7.19. The molecule has 0 radical (unpaired) electrons. The number of rotatable bonds is 8. The van der Waals surface area contributed by atoms with Crippen molar-refractivity contribution < 1.29 is 17.9 Å². The lowest BCUT2D eigenvalue weighted by Crippen LogP contribution is -2.20. The molecule has 0 aliphatic carbocycles. The second kappa shape index (κ2) is 9.65. The van der Waals surface area contributed by atoms with Gasteiger partial charge in [0.15, 0.2) is 4.80 Å². The summed E-state index contributed by atoms with van der Waals surface area (Å²) in [6, 6.07) is 12.6. The number of ether oxygens (including phenoxy) is 1. The fourth-order valence-corrected chi connectivity index (χ4v) is 4.77. The summed E-state index contributed by atoms with van der Waals surface area (Å²) in [4.78, 5) is 17.4. The number of sulfonamides is 1. The zero-order valence-corrected chi connectivity index (χ0v) is 18.6. The van der Waals surface area contributed by atoms with Gasteiger partial charge in [-0.1, -0.05) is 42.5 Å². The zero-order valence-electron chi connectivity index (χ0n) is 17.0. The number of thiazole rings is 1. The van der Waals surface area contributed by atoms with Crippen molar-refractivity contribution in [1.29, 1.82) is 0 Å². The third-order valence-corrected chi connectivity index (χ3v) is 6.61. The maximum Gasteiger partial charge on any atom is 0.252 e. The van der Waals surface area contributed by atoms with Crippen molar-refractivity contribution >= 4 is 37.5 Å². The number of aromatic nitrogens is 1. The maximum absolute atomic E-state index is 12.6. The molecule has 2 aromatic carbocycles. The molecule has 0 unspecified atom stereocenters. The van der Waals surface area contributed by atoms with Crippen LogP contribution in [0.3, 0.4) is 0 Å². The average molecular weight is 448 g/mol. The fourth-order valence-electron chi connectivity index (χ4n) is 3.05. The van der Waals surface area contributed by atoms with E-state index in [4.69, 9.17) is 9.88 Å². The second-order valence-electron chi connectivity index (χ2n) is 6.76. The van der Waals surface area contributed by atoms with E-state index < -0.39 is 10.0 Å². The van der Waals surface area contributed by atoms with Gasteiger partial charge in [-0.3, -0.25) is 4.79 Å². The molecule has 30 heavy (non-hydrogen) atoms. The Morgan fingerprint density at radius 2 is 1.83 bits per heavy atom. The van der Waals surface area contributed by atoms with Gasteiger partial charge in [-0.25, -0.2) is 13.6 Å². The van der Waals surface area contributed by atoms with Crippen molar-refractivity contribution in [3.63, 3.8) is 0 Å². The number of carbonyl (C=O) groups is 1. The van der Waals surface area contributed by atoms with E-state index in [0.29, 0.717) is 29.3 Å². The van der Waals surface area contributed by atoms with Gasteiger partial charge in [0.25, 0.3) is 5.91 Å². The number of fused-ring (bicyclic) bond motifs is 1. The van der Waals surface area contributed by atoms with Gasteiger partial charge < -0.3 is 9.30 Å². The van der Waals surface area contributed by atoms with Crippen LogP contribution >= 0.6 is 11.3 Å². The Morgan fingerprint density at radius 3 is 2.47 bits per heavy atom. The van der Waals surface area contributed by atoms with E-state index in [1.54, 1.807) is 6.07 Å². The third-order valence-electron chi connectivity index (χ3n) is 4.65. The number of aryl methyl sites for hydroxylation is 1. The first-order valence-electron chi connectivity index (χ1n) is 9.71. The minimum absolute atomic E-state index is 0.0297. The number of primary sulfonamides is 1. The topological polar surface area (TPSA) is 104 Å². The predicted octanol–water partition coefficient (Wildman–Crippen LogP) is 2.62. The van der Waals surface area contributed by atoms with Gasteiger partial charge in [0.2, 0.25) is 10.0 Å². The Bertz CT molecular complexity index is 1210. The van der Waals surface area contributed by atoms with Crippen molar-refractivity contribution in [2.24, 2.45) is 10.1 Å².